The van der Waals surface area contributed by atoms with Crippen molar-refractivity contribution in [1.82, 2.24) is 10.0 Å². The van der Waals surface area contributed by atoms with Crippen molar-refractivity contribution in [3.8, 4) is 0 Å². The minimum atomic E-state index is -0.801. The van der Waals surface area contributed by atoms with Gasteiger partial charge in [-0.2, -0.15) is 0 Å². The van der Waals surface area contributed by atoms with Crippen molar-refractivity contribution in [2.24, 2.45) is 20.7 Å². The molecule has 2 aromatic rings. The van der Waals surface area contributed by atoms with Gasteiger partial charge in [0.15, 0.2) is 5.78 Å². The molecule has 0 radical (unpaired) electrons. The highest BCUT2D eigenvalue weighted by molar-refractivity contribution is 9.10. The van der Waals surface area contributed by atoms with Crippen LogP contribution >= 0.6 is 15.9 Å². The fourth-order valence-corrected chi connectivity index (χ4v) is 4.07. The largest absolute Gasteiger partial charge is 0.380 e. The van der Waals surface area contributed by atoms with E-state index in [1.165, 1.54) is 25.7 Å². The molecule has 4 aliphatic rings. The second kappa shape index (κ2) is 13.7. The van der Waals surface area contributed by atoms with Crippen LogP contribution in [0.3, 0.4) is 0 Å². The van der Waals surface area contributed by atoms with Crippen LogP contribution in [0.4, 0.5) is 11.4 Å². The van der Waals surface area contributed by atoms with E-state index in [1.54, 1.807) is 0 Å². The average Bonchev–Trinajstić information content (AvgIpc) is 3.60. The second-order valence-corrected chi connectivity index (χ2v) is 10.2. The molecule has 0 aliphatic carbocycles. The van der Waals surface area contributed by atoms with Crippen LogP contribution in [-0.4, -0.2) is 73.5 Å². The second-order valence-electron chi connectivity index (χ2n) is 9.28. The maximum atomic E-state index is 10.1. The fraction of sp³-hybridized carbons (Fsp3) is 0.500. The first-order chi connectivity index (χ1) is 18.0. The van der Waals surface area contributed by atoms with Gasteiger partial charge in [0.2, 0.25) is 0 Å². The first-order valence-corrected chi connectivity index (χ1v) is 13.4. The molecule has 0 bridgehead atoms. The van der Waals surface area contributed by atoms with E-state index in [0.29, 0.717) is 26.4 Å². The van der Waals surface area contributed by atoms with Crippen LogP contribution < -0.4 is 0 Å². The lowest BCUT2D eigenvalue weighted by Crippen LogP contribution is -2.46. The maximum Gasteiger partial charge on any atom is 0.184 e. The van der Waals surface area contributed by atoms with E-state index in [-0.39, 0.29) is 5.78 Å². The van der Waals surface area contributed by atoms with Gasteiger partial charge in [0, 0.05) is 30.7 Å². The van der Waals surface area contributed by atoms with Crippen LogP contribution in [0.25, 0.3) is 0 Å². The summed E-state index contributed by atoms with van der Waals surface area (Å²) in [6.07, 6.45) is 4.87. The molecule has 0 aromatic heterocycles. The Bertz CT molecular complexity index is 1040. The van der Waals surface area contributed by atoms with Gasteiger partial charge in [-0.3, -0.25) is 14.8 Å². The van der Waals surface area contributed by atoms with Gasteiger partial charge in [-0.15, -0.1) is 10.2 Å². The monoisotopic (exact) mass is 572 g/mol. The van der Waals surface area contributed by atoms with Crippen LogP contribution in [0.2, 0.25) is 0 Å². The number of nitrogens with zero attached hydrogens (tertiary/aromatic N) is 6. The van der Waals surface area contributed by atoms with E-state index in [9.17, 15) is 9.90 Å². The van der Waals surface area contributed by atoms with E-state index in [0.717, 1.165) is 47.6 Å². The SMILES string of the molecule is Brc1ccc(N=NN2CCCC2)cc1.O=C1COC1.OC1(c2ccc(N=NN3CCCC3)cc2)COC1. The van der Waals surface area contributed by atoms with Crippen molar-refractivity contribution in [1.29, 1.82) is 0 Å². The summed E-state index contributed by atoms with van der Waals surface area (Å²) in [5, 5.41) is 30.8. The first kappa shape index (κ1) is 27.3. The number of halogens is 1. The van der Waals surface area contributed by atoms with Crippen molar-refractivity contribution in [3.05, 3.63) is 58.6 Å². The molecule has 4 fully saturated rings. The molecule has 4 heterocycles. The van der Waals surface area contributed by atoms with E-state index < -0.39 is 5.60 Å². The Morgan fingerprint density at radius 1 is 0.730 bits per heavy atom. The minimum Gasteiger partial charge on any atom is -0.380 e. The third-order valence-electron chi connectivity index (χ3n) is 6.18. The molecule has 0 spiro atoms. The van der Waals surface area contributed by atoms with E-state index in [1.807, 2.05) is 58.5 Å². The quantitative estimate of drug-likeness (QED) is 0.497. The minimum absolute atomic E-state index is 0.213. The Kier molecular flexibility index (Phi) is 10.1. The predicted octanol–water partition coefficient (Wildman–Crippen LogP) is 5.13. The molecular weight excluding hydrogens is 540 g/mol. The van der Waals surface area contributed by atoms with Crippen molar-refractivity contribution in [3.63, 3.8) is 0 Å². The Hall–Kier alpha value is -2.73. The number of ether oxygens (including phenoxy) is 2. The molecule has 4 aliphatic heterocycles. The summed E-state index contributed by atoms with van der Waals surface area (Å²) < 4.78 is 10.6. The van der Waals surface area contributed by atoms with Crippen LogP contribution in [0.5, 0.6) is 0 Å². The van der Waals surface area contributed by atoms with Crippen molar-refractivity contribution >= 4 is 33.1 Å². The van der Waals surface area contributed by atoms with Gasteiger partial charge < -0.3 is 14.6 Å². The van der Waals surface area contributed by atoms with Crippen molar-refractivity contribution < 1.29 is 19.4 Å². The molecule has 37 heavy (non-hydrogen) atoms. The molecule has 11 heteroatoms. The van der Waals surface area contributed by atoms with E-state index >= 15 is 0 Å². The standard InChI is InChI=1S/C13H17N3O2.C10H12BrN3.C3H4O2/c17-13(9-18-10-13)11-3-5-12(6-4-11)14-15-16-7-1-2-8-16;11-9-3-5-10(6-4-9)12-13-14-7-1-2-8-14;4-3-1-5-2-3/h3-6,17H,1-2,7-10H2;3-6H,1-2,7-8H2;1-2H2. The Morgan fingerprint density at radius 2 is 1.16 bits per heavy atom. The summed E-state index contributed by atoms with van der Waals surface area (Å²) in [7, 11) is 0. The lowest BCUT2D eigenvalue weighted by atomic mass is 9.92. The smallest absolute Gasteiger partial charge is 0.184 e. The van der Waals surface area contributed by atoms with Gasteiger partial charge in [-0.1, -0.05) is 38.5 Å². The Balaban J connectivity index is 0.000000149. The number of benzene rings is 2. The van der Waals surface area contributed by atoms with Crippen LogP contribution in [0.1, 0.15) is 31.2 Å². The number of ketones is 1. The number of hydrogen-bond donors (Lipinski definition) is 1. The molecule has 2 aromatic carbocycles. The lowest BCUT2D eigenvalue weighted by Gasteiger charge is -2.36. The molecule has 6 rings (SSSR count). The highest BCUT2D eigenvalue weighted by atomic mass is 79.9. The molecule has 0 atom stereocenters. The summed E-state index contributed by atoms with van der Waals surface area (Å²) in [6.45, 7) is 5.53. The molecule has 1 N–H and O–H groups in total. The van der Waals surface area contributed by atoms with Crippen LogP contribution in [0, 0.1) is 0 Å². The molecule has 0 unspecified atom stereocenters. The Morgan fingerprint density at radius 3 is 1.51 bits per heavy atom. The molecule has 4 saturated heterocycles. The Labute approximate surface area is 225 Å². The van der Waals surface area contributed by atoms with E-state index in [2.05, 4.69) is 41.3 Å². The third-order valence-corrected chi connectivity index (χ3v) is 6.71. The fourth-order valence-electron chi connectivity index (χ4n) is 3.80. The zero-order valence-corrected chi connectivity index (χ0v) is 22.4. The summed E-state index contributed by atoms with van der Waals surface area (Å²) in [6, 6.07) is 15.4. The number of aliphatic hydroxyl groups is 1. The normalized spacial score (nSPS) is 20.2. The molecular formula is C26H33BrN6O4. The molecule has 0 saturated carbocycles. The van der Waals surface area contributed by atoms with Crippen LogP contribution in [-0.2, 0) is 19.9 Å². The number of hydrogen-bond acceptors (Lipinski definition) is 8. The molecule has 198 valence electrons. The topological polar surface area (TPSA) is 112 Å². The number of Topliss-reactive ketones (excluding diaryl/α,β-unsaturated/α-hetero) is 1. The van der Waals surface area contributed by atoms with Crippen molar-refractivity contribution in [2.45, 2.75) is 31.3 Å². The summed E-state index contributed by atoms with van der Waals surface area (Å²) in [4.78, 5) is 9.77. The van der Waals surface area contributed by atoms with Gasteiger partial charge in [-0.25, -0.2) is 0 Å². The maximum absolute atomic E-state index is 10.1. The lowest BCUT2D eigenvalue weighted by molar-refractivity contribution is -0.184. The van der Waals surface area contributed by atoms with Gasteiger partial charge in [0.1, 0.15) is 18.8 Å². The van der Waals surface area contributed by atoms with E-state index in [4.69, 9.17) is 4.74 Å². The molecule has 10 nitrogen and oxygen atoms in total. The van der Waals surface area contributed by atoms with Gasteiger partial charge >= 0.3 is 0 Å². The van der Waals surface area contributed by atoms with Gasteiger partial charge in [0.25, 0.3) is 0 Å². The zero-order chi connectivity index (χ0) is 25.9. The number of rotatable bonds is 5. The third kappa shape index (κ3) is 8.67. The van der Waals surface area contributed by atoms with Crippen molar-refractivity contribution in [2.75, 3.05) is 52.6 Å². The summed E-state index contributed by atoms with van der Waals surface area (Å²) >= 11 is 3.38. The summed E-state index contributed by atoms with van der Waals surface area (Å²) in [5.41, 5.74) is 1.80. The highest BCUT2D eigenvalue weighted by Gasteiger charge is 2.37. The molecule has 0 amide bonds. The number of carbonyl (C=O) groups is 1. The van der Waals surface area contributed by atoms with Gasteiger partial charge in [0.05, 0.1) is 24.6 Å². The predicted molar refractivity (Wildman–Crippen MR) is 142 cm³/mol. The highest BCUT2D eigenvalue weighted by Crippen LogP contribution is 2.30. The average molecular weight is 573 g/mol. The summed E-state index contributed by atoms with van der Waals surface area (Å²) in [5.74, 6) is 0.213. The first-order valence-electron chi connectivity index (χ1n) is 12.6. The van der Waals surface area contributed by atoms with Gasteiger partial charge in [-0.05, 0) is 67.6 Å². The zero-order valence-electron chi connectivity index (χ0n) is 20.8. The van der Waals surface area contributed by atoms with Crippen LogP contribution in [0.15, 0.2) is 73.7 Å². The number of carbonyl (C=O) groups excluding carboxylic acids is 1.